The van der Waals surface area contributed by atoms with Crippen LogP contribution in [-0.4, -0.2) is 31.8 Å². The molecule has 1 unspecified atom stereocenters. The zero-order chi connectivity index (χ0) is 10.7. The summed E-state index contributed by atoms with van der Waals surface area (Å²) < 4.78 is 20.2. The lowest BCUT2D eigenvalue weighted by Gasteiger charge is -2.11. The first-order valence-electron chi connectivity index (χ1n) is 4.66. The molecule has 1 fully saturated rings. The molecular weight excluding hydrogens is 187 g/mol. The van der Waals surface area contributed by atoms with Crippen molar-refractivity contribution in [3.63, 3.8) is 0 Å². The van der Waals surface area contributed by atoms with Gasteiger partial charge in [-0.3, -0.25) is 0 Å². The quantitative estimate of drug-likeness (QED) is 0.628. The van der Waals surface area contributed by atoms with Crippen LogP contribution in [0, 0.1) is 0 Å². The molecule has 0 spiro atoms. The Morgan fingerprint density at radius 1 is 1.29 bits per heavy atom. The average Bonchev–Trinajstić information content (AvgIpc) is 2.28. The van der Waals surface area contributed by atoms with Gasteiger partial charge in [-0.2, -0.15) is 0 Å². The predicted octanol–water partition coefficient (Wildman–Crippen LogP) is 0.721. The number of hydrogen-bond acceptors (Lipinski definition) is 5. The highest BCUT2D eigenvalue weighted by atomic mass is 16.8. The van der Waals surface area contributed by atoms with E-state index in [0.717, 1.165) is 0 Å². The lowest BCUT2D eigenvalue weighted by atomic mass is 10.2. The van der Waals surface area contributed by atoms with E-state index in [2.05, 4.69) is 0 Å². The second kappa shape index (κ2) is 4.77. The zero-order valence-electron chi connectivity index (χ0n) is 8.85. The van der Waals surface area contributed by atoms with Crippen molar-refractivity contribution in [2.45, 2.75) is 46.2 Å². The molecule has 0 aliphatic carbocycles. The van der Waals surface area contributed by atoms with Crippen molar-refractivity contribution in [2.75, 3.05) is 0 Å². The Morgan fingerprint density at radius 3 is 2.43 bits per heavy atom. The Morgan fingerprint density at radius 2 is 1.93 bits per heavy atom. The summed E-state index contributed by atoms with van der Waals surface area (Å²) in [6, 6.07) is 0. The zero-order valence-corrected chi connectivity index (χ0v) is 8.85. The van der Waals surface area contributed by atoms with Gasteiger partial charge >= 0.3 is 13.3 Å². The molecule has 1 heterocycles. The lowest BCUT2D eigenvalue weighted by Crippen LogP contribution is -2.27. The smallest absolute Gasteiger partial charge is 0.481 e. The summed E-state index contributed by atoms with van der Waals surface area (Å²) in [6.45, 7) is 7.28. The van der Waals surface area contributed by atoms with Gasteiger partial charge in [0.1, 0.15) is 0 Å². The Balaban J connectivity index is 2.39. The molecular formula is C8H15BO5. The second-order valence-electron chi connectivity index (χ2n) is 3.56. The van der Waals surface area contributed by atoms with Gasteiger partial charge < -0.3 is 18.7 Å². The Hall–Kier alpha value is -0.585. The van der Waals surface area contributed by atoms with Crippen LogP contribution >= 0.6 is 0 Å². The van der Waals surface area contributed by atoms with Crippen LogP contribution in [0.5, 0.6) is 0 Å². The van der Waals surface area contributed by atoms with Crippen molar-refractivity contribution >= 4 is 13.3 Å². The summed E-state index contributed by atoms with van der Waals surface area (Å²) in [4.78, 5) is 11.1. The van der Waals surface area contributed by atoms with Crippen LogP contribution in [0.4, 0.5) is 0 Å². The minimum absolute atomic E-state index is 0.0643. The third-order valence-corrected chi connectivity index (χ3v) is 1.42. The monoisotopic (exact) mass is 202 g/mol. The summed E-state index contributed by atoms with van der Waals surface area (Å²) in [5, 5.41) is 0. The van der Waals surface area contributed by atoms with Crippen molar-refractivity contribution in [1.29, 1.82) is 0 Å². The van der Waals surface area contributed by atoms with Crippen molar-refractivity contribution in [1.82, 2.24) is 0 Å². The van der Waals surface area contributed by atoms with Crippen molar-refractivity contribution in [3.05, 3.63) is 0 Å². The summed E-state index contributed by atoms with van der Waals surface area (Å²) in [5.41, 5.74) is 0. The van der Waals surface area contributed by atoms with Crippen LogP contribution in [0.3, 0.4) is 0 Å². The first-order chi connectivity index (χ1) is 6.49. The van der Waals surface area contributed by atoms with Gasteiger partial charge in [0.05, 0.1) is 6.10 Å². The first kappa shape index (κ1) is 11.5. The molecule has 0 radical (unpaired) electrons. The minimum Gasteiger partial charge on any atom is -0.481 e. The van der Waals surface area contributed by atoms with Gasteiger partial charge in [0.15, 0.2) is 0 Å². The summed E-state index contributed by atoms with van der Waals surface area (Å²) in [6.07, 6.45) is -1.12. The molecule has 0 saturated carbocycles. The molecule has 5 nitrogen and oxygen atoms in total. The number of rotatable bonds is 4. The average molecular weight is 202 g/mol. The van der Waals surface area contributed by atoms with Gasteiger partial charge in [0.2, 0.25) is 6.29 Å². The first-order valence-corrected chi connectivity index (χ1v) is 4.66. The normalized spacial score (nSPS) is 22.3. The third-order valence-electron chi connectivity index (χ3n) is 1.42. The minimum atomic E-state index is -0.959. The second-order valence-corrected chi connectivity index (χ2v) is 3.56. The van der Waals surface area contributed by atoms with Gasteiger partial charge in [0, 0.05) is 6.10 Å². The molecule has 0 aromatic rings. The molecule has 1 aliphatic rings. The van der Waals surface area contributed by atoms with E-state index in [4.69, 9.17) is 18.7 Å². The molecule has 14 heavy (non-hydrogen) atoms. The van der Waals surface area contributed by atoms with E-state index in [1.165, 1.54) is 0 Å². The Kier molecular flexibility index (Phi) is 3.91. The van der Waals surface area contributed by atoms with E-state index in [1.54, 1.807) is 0 Å². The fourth-order valence-electron chi connectivity index (χ4n) is 0.952. The Bertz CT molecular complexity index is 206. The van der Waals surface area contributed by atoms with Crippen molar-refractivity contribution in [2.24, 2.45) is 0 Å². The van der Waals surface area contributed by atoms with Gasteiger partial charge in [-0.25, -0.2) is 4.79 Å². The maximum Gasteiger partial charge on any atom is 0.717 e. The van der Waals surface area contributed by atoms with E-state index in [0.29, 0.717) is 0 Å². The molecule has 1 rings (SSSR count). The van der Waals surface area contributed by atoms with Crippen LogP contribution in [0.25, 0.3) is 0 Å². The number of carbonyl (C=O) groups excluding carboxylic acids is 1. The molecule has 6 heteroatoms. The SMILES string of the molecule is CC(C)OB1OC(=O)C(OC(C)C)O1. The molecule has 1 atom stereocenters. The number of hydrogen-bond donors (Lipinski definition) is 0. The van der Waals surface area contributed by atoms with Crippen LogP contribution in [-0.2, 0) is 23.5 Å². The molecule has 0 bridgehead atoms. The maximum atomic E-state index is 11.1. The van der Waals surface area contributed by atoms with Crippen LogP contribution in [0.2, 0.25) is 0 Å². The highest BCUT2D eigenvalue weighted by Gasteiger charge is 2.44. The van der Waals surface area contributed by atoms with Crippen LogP contribution in [0.15, 0.2) is 0 Å². The van der Waals surface area contributed by atoms with E-state index in [1.807, 2.05) is 27.7 Å². The summed E-state index contributed by atoms with van der Waals surface area (Å²) >= 11 is 0. The van der Waals surface area contributed by atoms with Gasteiger partial charge in [-0.1, -0.05) is 0 Å². The van der Waals surface area contributed by atoms with E-state index in [-0.39, 0.29) is 12.2 Å². The number of ether oxygens (including phenoxy) is 1. The topological polar surface area (TPSA) is 54.0 Å². The van der Waals surface area contributed by atoms with E-state index >= 15 is 0 Å². The van der Waals surface area contributed by atoms with Crippen LogP contribution in [0.1, 0.15) is 27.7 Å². The molecule has 0 aromatic carbocycles. The maximum absolute atomic E-state index is 11.1. The largest absolute Gasteiger partial charge is 0.717 e. The fraction of sp³-hybridized carbons (Fsp3) is 0.875. The Labute approximate surface area is 83.8 Å². The molecule has 1 saturated heterocycles. The van der Waals surface area contributed by atoms with E-state index < -0.39 is 19.6 Å². The highest BCUT2D eigenvalue weighted by Crippen LogP contribution is 2.15. The lowest BCUT2D eigenvalue weighted by molar-refractivity contribution is -0.161. The standard InChI is InChI=1S/C8H15BO5/c1-5(2)11-8-7(10)13-9(14-8)12-6(3)4/h5-6,8H,1-4H3. The summed E-state index contributed by atoms with van der Waals surface area (Å²) in [7, 11) is -0.939. The van der Waals surface area contributed by atoms with Gasteiger partial charge in [-0.15, -0.1) is 0 Å². The van der Waals surface area contributed by atoms with Crippen molar-refractivity contribution < 1.29 is 23.5 Å². The van der Waals surface area contributed by atoms with Crippen LogP contribution < -0.4 is 0 Å². The molecule has 0 amide bonds. The summed E-state index contributed by atoms with van der Waals surface area (Å²) in [5.74, 6) is -0.538. The fourth-order valence-corrected chi connectivity index (χ4v) is 0.952. The molecule has 0 aromatic heterocycles. The third kappa shape index (κ3) is 3.28. The van der Waals surface area contributed by atoms with Crippen molar-refractivity contribution in [3.8, 4) is 0 Å². The number of carbonyl (C=O) groups is 1. The molecule has 0 N–H and O–H groups in total. The van der Waals surface area contributed by atoms with E-state index in [9.17, 15) is 4.79 Å². The molecule has 80 valence electrons. The predicted molar refractivity (Wildman–Crippen MR) is 49.2 cm³/mol. The van der Waals surface area contributed by atoms with Gasteiger partial charge in [-0.05, 0) is 27.7 Å². The highest BCUT2D eigenvalue weighted by molar-refractivity contribution is 6.41. The molecule has 1 aliphatic heterocycles. The van der Waals surface area contributed by atoms with Gasteiger partial charge in [0.25, 0.3) is 0 Å².